The molecule has 0 saturated carbocycles. The first-order chi connectivity index (χ1) is 8.36. The lowest BCUT2D eigenvalue weighted by Crippen LogP contribution is -2.14. The molecule has 0 N–H and O–H groups in total. The van der Waals surface area contributed by atoms with Gasteiger partial charge in [-0.15, -0.1) is 0 Å². The number of hydrogen-bond acceptors (Lipinski definition) is 1. The summed E-state index contributed by atoms with van der Waals surface area (Å²) in [5, 5.41) is 0. The lowest BCUT2D eigenvalue weighted by atomic mass is 9.80. The Hall–Kier alpha value is -1.37. The molecule has 1 atom stereocenters. The molecular formula is C17H27N. The molecule has 0 bridgehead atoms. The van der Waals surface area contributed by atoms with E-state index in [0.29, 0.717) is 11.8 Å². The molecule has 1 nitrogen and oxygen atoms in total. The maximum atomic E-state index is 4.14. The Labute approximate surface area is 113 Å². The Kier molecular flexibility index (Phi) is 7.26. The number of rotatable bonds is 6. The SMILES string of the molecule is C=C/C=C(/C)C(/C(C)=C(\C=NC)C(=C)C)C(C)C. The summed E-state index contributed by atoms with van der Waals surface area (Å²) in [6, 6.07) is 0. The minimum atomic E-state index is 0.410. The first-order valence-corrected chi connectivity index (χ1v) is 6.44. The van der Waals surface area contributed by atoms with Crippen molar-refractivity contribution in [2.45, 2.75) is 34.6 Å². The number of aliphatic imine (C=N–C) groups is 1. The highest BCUT2D eigenvalue weighted by atomic mass is 14.6. The second-order valence-electron chi connectivity index (χ2n) is 5.13. The zero-order valence-corrected chi connectivity index (χ0v) is 12.7. The lowest BCUT2D eigenvalue weighted by Gasteiger charge is -2.25. The fourth-order valence-electron chi connectivity index (χ4n) is 2.50. The summed E-state index contributed by atoms with van der Waals surface area (Å²) in [6.07, 6.45) is 5.86. The number of hydrogen-bond donors (Lipinski definition) is 0. The molecule has 0 aliphatic heterocycles. The van der Waals surface area contributed by atoms with Crippen LogP contribution < -0.4 is 0 Å². The van der Waals surface area contributed by atoms with Crippen LogP contribution in [-0.4, -0.2) is 13.3 Å². The van der Waals surface area contributed by atoms with Crippen LogP contribution in [0, 0.1) is 11.8 Å². The minimum Gasteiger partial charge on any atom is -0.296 e. The first-order valence-electron chi connectivity index (χ1n) is 6.44. The van der Waals surface area contributed by atoms with Crippen LogP contribution in [0.1, 0.15) is 34.6 Å². The molecule has 1 unspecified atom stereocenters. The van der Waals surface area contributed by atoms with Gasteiger partial charge in [-0.1, -0.05) is 50.3 Å². The van der Waals surface area contributed by atoms with Gasteiger partial charge >= 0.3 is 0 Å². The van der Waals surface area contributed by atoms with Gasteiger partial charge in [-0.25, -0.2) is 0 Å². The van der Waals surface area contributed by atoms with Gasteiger partial charge < -0.3 is 0 Å². The van der Waals surface area contributed by atoms with Crippen LogP contribution in [0.5, 0.6) is 0 Å². The maximum Gasteiger partial charge on any atom is 0.0283 e. The van der Waals surface area contributed by atoms with Crippen LogP contribution in [-0.2, 0) is 0 Å². The van der Waals surface area contributed by atoms with E-state index in [-0.39, 0.29) is 0 Å². The molecule has 0 aliphatic carbocycles. The third kappa shape index (κ3) is 4.48. The van der Waals surface area contributed by atoms with Crippen LogP contribution >= 0.6 is 0 Å². The Morgan fingerprint density at radius 1 is 1.17 bits per heavy atom. The van der Waals surface area contributed by atoms with Crippen molar-refractivity contribution in [3.63, 3.8) is 0 Å². The molecule has 0 aliphatic rings. The van der Waals surface area contributed by atoms with E-state index in [4.69, 9.17) is 0 Å². The van der Waals surface area contributed by atoms with Crippen molar-refractivity contribution in [1.29, 1.82) is 0 Å². The van der Waals surface area contributed by atoms with Crippen molar-refractivity contribution in [2.24, 2.45) is 16.8 Å². The van der Waals surface area contributed by atoms with E-state index in [1.54, 1.807) is 7.05 Å². The van der Waals surface area contributed by atoms with Crippen molar-refractivity contribution in [1.82, 2.24) is 0 Å². The predicted octanol–water partition coefficient (Wildman–Crippen LogP) is 4.98. The highest BCUT2D eigenvalue weighted by Crippen LogP contribution is 2.31. The van der Waals surface area contributed by atoms with E-state index in [9.17, 15) is 0 Å². The molecule has 1 heteroatoms. The van der Waals surface area contributed by atoms with Gasteiger partial charge in [0.1, 0.15) is 0 Å². The zero-order valence-electron chi connectivity index (χ0n) is 12.7. The molecule has 18 heavy (non-hydrogen) atoms. The lowest BCUT2D eigenvalue weighted by molar-refractivity contribution is 0.501. The molecule has 0 aromatic carbocycles. The standard InChI is InChI=1S/C17H27N/c1-9-10-14(6)17(13(4)5)15(7)16(11-18-8)12(2)3/h9-11,13,17H,1-2H2,3-8H3/b14-10-,16-15+,18-11?. The third-order valence-corrected chi connectivity index (χ3v) is 3.15. The molecule has 0 amide bonds. The van der Waals surface area contributed by atoms with Gasteiger partial charge in [-0.2, -0.15) is 0 Å². The molecule has 0 heterocycles. The zero-order chi connectivity index (χ0) is 14.3. The van der Waals surface area contributed by atoms with Gasteiger partial charge in [0.05, 0.1) is 0 Å². The second kappa shape index (κ2) is 7.86. The van der Waals surface area contributed by atoms with E-state index in [1.807, 2.05) is 19.2 Å². The minimum absolute atomic E-state index is 0.410. The first kappa shape index (κ1) is 16.6. The average Bonchev–Trinajstić information content (AvgIpc) is 2.25. The van der Waals surface area contributed by atoms with Gasteiger partial charge in [0.2, 0.25) is 0 Å². The topological polar surface area (TPSA) is 12.4 Å². The molecule has 100 valence electrons. The maximum absolute atomic E-state index is 4.14. The van der Waals surface area contributed by atoms with E-state index in [2.05, 4.69) is 51.9 Å². The summed E-state index contributed by atoms with van der Waals surface area (Å²) in [5.74, 6) is 0.952. The Morgan fingerprint density at radius 2 is 1.72 bits per heavy atom. The normalized spacial score (nSPS) is 15.8. The summed E-state index contributed by atoms with van der Waals surface area (Å²) in [6.45, 7) is 18.7. The molecule has 0 saturated heterocycles. The number of allylic oxidation sites excluding steroid dienone is 6. The predicted molar refractivity (Wildman–Crippen MR) is 84.2 cm³/mol. The van der Waals surface area contributed by atoms with Crippen molar-refractivity contribution >= 4 is 6.21 Å². The van der Waals surface area contributed by atoms with Gasteiger partial charge in [0.15, 0.2) is 0 Å². The largest absolute Gasteiger partial charge is 0.296 e. The van der Waals surface area contributed by atoms with Crippen LogP contribution in [0.15, 0.2) is 52.6 Å². The Morgan fingerprint density at radius 3 is 2.06 bits per heavy atom. The van der Waals surface area contributed by atoms with Gasteiger partial charge in [-0.3, -0.25) is 4.99 Å². The quantitative estimate of drug-likeness (QED) is 0.462. The fraction of sp³-hybridized carbons (Fsp3) is 0.471. The number of nitrogens with zero attached hydrogens (tertiary/aromatic N) is 1. The summed E-state index contributed by atoms with van der Waals surface area (Å²) < 4.78 is 0. The van der Waals surface area contributed by atoms with E-state index in [1.165, 1.54) is 11.1 Å². The smallest absolute Gasteiger partial charge is 0.0283 e. The van der Waals surface area contributed by atoms with Gasteiger partial charge in [0.25, 0.3) is 0 Å². The molecule has 0 spiro atoms. The van der Waals surface area contributed by atoms with E-state index < -0.39 is 0 Å². The second-order valence-corrected chi connectivity index (χ2v) is 5.13. The summed E-state index contributed by atoms with van der Waals surface area (Å²) in [4.78, 5) is 4.14. The van der Waals surface area contributed by atoms with Crippen molar-refractivity contribution in [2.75, 3.05) is 7.05 Å². The fourth-order valence-corrected chi connectivity index (χ4v) is 2.50. The van der Waals surface area contributed by atoms with Crippen LogP contribution in [0.2, 0.25) is 0 Å². The van der Waals surface area contributed by atoms with Gasteiger partial charge in [-0.05, 0) is 37.8 Å². The molecule has 0 radical (unpaired) electrons. The Bertz CT molecular complexity index is 392. The molecule has 0 rings (SSSR count). The van der Waals surface area contributed by atoms with Crippen LogP contribution in [0.4, 0.5) is 0 Å². The van der Waals surface area contributed by atoms with Crippen molar-refractivity contribution in [3.8, 4) is 0 Å². The highest BCUT2D eigenvalue weighted by molar-refractivity contribution is 5.85. The molecular weight excluding hydrogens is 218 g/mol. The van der Waals surface area contributed by atoms with Crippen molar-refractivity contribution in [3.05, 3.63) is 47.6 Å². The van der Waals surface area contributed by atoms with Gasteiger partial charge in [0, 0.05) is 19.2 Å². The highest BCUT2D eigenvalue weighted by Gasteiger charge is 2.19. The van der Waals surface area contributed by atoms with Crippen LogP contribution in [0.3, 0.4) is 0 Å². The monoisotopic (exact) mass is 245 g/mol. The Balaban J connectivity index is 5.74. The van der Waals surface area contributed by atoms with E-state index in [0.717, 1.165) is 11.1 Å². The molecule has 0 aromatic heterocycles. The molecule has 0 fully saturated rings. The van der Waals surface area contributed by atoms with Crippen molar-refractivity contribution < 1.29 is 0 Å². The summed E-state index contributed by atoms with van der Waals surface area (Å²) >= 11 is 0. The summed E-state index contributed by atoms with van der Waals surface area (Å²) in [7, 11) is 1.80. The molecule has 0 aromatic rings. The van der Waals surface area contributed by atoms with Crippen LogP contribution in [0.25, 0.3) is 0 Å². The summed E-state index contributed by atoms with van der Waals surface area (Å²) in [5.41, 5.74) is 4.89. The van der Waals surface area contributed by atoms with E-state index >= 15 is 0 Å². The third-order valence-electron chi connectivity index (χ3n) is 3.15. The average molecular weight is 245 g/mol.